The number of hydrogen-bond donors (Lipinski definition) is 0. The van der Waals surface area contributed by atoms with Gasteiger partial charge in [0, 0.05) is 43.7 Å². The number of hydrogen-bond acceptors (Lipinski definition) is 7. The van der Waals surface area contributed by atoms with Gasteiger partial charge in [-0.1, -0.05) is 0 Å². The van der Waals surface area contributed by atoms with Crippen molar-refractivity contribution in [2.75, 3.05) is 37.8 Å². The maximum atomic E-state index is 14.7. The maximum absolute atomic E-state index is 14.7. The first kappa shape index (κ1) is 22.8. The molecule has 35 heavy (non-hydrogen) atoms. The maximum Gasteiger partial charge on any atom is 0.159 e. The van der Waals surface area contributed by atoms with Gasteiger partial charge >= 0.3 is 0 Å². The Hall–Kier alpha value is -2.62. The van der Waals surface area contributed by atoms with Crippen LogP contribution in [0.2, 0.25) is 0 Å². The molecule has 8 nitrogen and oxygen atoms in total. The number of halogens is 1. The molecule has 2 aromatic heterocycles. The fourth-order valence-electron chi connectivity index (χ4n) is 5.39. The lowest BCUT2D eigenvalue weighted by Crippen LogP contribution is -2.54. The Morgan fingerprint density at radius 2 is 1.89 bits per heavy atom. The molecular weight excluding hydrogens is 449 g/mol. The van der Waals surface area contributed by atoms with Crippen molar-refractivity contribution < 1.29 is 18.6 Å². The first-order valence-corrected chi connectivity index (χ1v) is 12.6. The lowest BCUT2D eigenvalue weighted by molar-refractivity contribution is -0.191. The summed E-state index contributed by atoms with van der Waals surface area (Å²) >= 11 is 0. The van der Waals surface area contributed by atoms with Gasteiger partial charge in [-0.3, -0.25) is 0 Å². The van der Waals surface area contributed by atoms with Gasteiger partial charge in [0.1, 0.15) is 17.8 Å². The average molecular weight is 482 g/mol. The molecule has 3 fully saturated rings. The average Bonchev–Trinajstić information content (AvgIpc) is 3.24. The number of aryl methyl sites for hydroxylation is 2. The van der Waals surface area contributed by atoms with Crippen molar-refractivity contribution in [2.45, 2.75) is 64.0 Å². The molecule has 0 aliphatic carbocycles. The van der Waals surface area contributed by atoms with Gasteiger partial charge in [0.2, 0.25) is 0 Å². The normalized spacial score (nSPS) is 25.7. The van der Waals surface area contributed by atoms with E-state index in [0.29, 0.717) is 24.7 Å². The van der Waals surface area contributed by atoms with E-state index in [-0.39, 0.29) is 24.9 Å². The lowest BCUT2D eigenvalue weighted by atomic mass is 9.87. The number of ether oxygens (including phenoxy) is 3. The Morgan fingerprint density at radius 1 is 1.03 bits per heavy atom. The summed E-state index contributed by atoms with van der Waals surface area (Å²) in [6.07, 6.45) is 4.86. The molecule has 1 aromatic carbocycles. The standard InChI is InChI=1S/C26H32FN5O3/c1-16-9-18-12-28-32(23(18)10-21(16)20-6-8-33-15-22(20)27)25-11-24(29-17(2)30-25)31-13-19(14-31)35-26-5-3-4-7-34-26/h9-12,19-20,22,26H,3-8,13-15H2,1-2H3. The molecule has 3 aliphatic heterocycles. The largest absolute Gasteiger partial charge is 0.378 e. The molecule has 3 atom stereocenters. The summed E-state index contributed by atoms with van der Waals surface area (Å²) in [5, 5.41) is 5.65. The van der Waals surface area contributed by atoms with Crippen LogP contribution in [-0.4, -0.2) is 71.2 Å². The summed E-state index contributed by atoms with van der Waals surface area (Å²) in [6.45, 7) is 7.03. The SMILES string of the molecule is Cc1nc(N2CC(OC3CCCCO3)C2)cc(-n2ncc3cc(C)c(C4CCOCC4F)cc32)n1. The molecule has 3 aromatic rings. The van der Waals surface area contributed by atoms with Crippen molar-refractivity contribution in [3.8, 4) is 5.82 Å². The van der Waals surface area contributed by atoms with Gasteiger partial charge in [-0.25, -0.2) is 19.0 Å². The van der Waals surface area contributed by atoms with Crippen LogP contribution in [0, 0.1) is 13.8 Å². The Bertz CT molecular complexity index is 1210. The van der Waals surface area contributed by atoms with E-state index in [1.165, 1.54) is 0 Å². The van der Waals surface area contributed by atoms with E-state index in [4.69, 9.17) is 14.2 Å². The van der Waals surface area contributed by atoms with E-state index in [0.717, 1.165) is 66.8 Å². The third-order valence-electron chi connectivity index (χ3n) is 7.32. The zero-order valence-corrected chi connectivity index (χ0v) is 20.3. The monoisotopic (exact) mass is 481 g/mol. The van der Waals surface area contributed by atoms with E-state index in [1.54, 1.807) is 0 Å². The molecule has 0 amide bonds. The van der Waals surface area contributed by atoms with Gasteiger partial charge in [-0.15, -0.1) is 0 Å². The number of aromatic nitrogens is 4. The molecule has 6 rings (SSSR count). The molecular formula is C26H32FN5O3. The molecule has 3 unspecified atom stereocenters. The quantitative estimate of drug-likeness (QED) is 0.545. The van der Waals surface area contributed by atoms with E-state index >= 15 is 0 Å². The van der Waals surface area contributed by atoms with Gasteiger partial charge in [-0.05, 0) is 62.8 Å². The number of benzene rings is 1. The number of rotatable bonds is 5. The van der Waals surface area contributed by atoms with Crippen LogP contribution in [0.3, 0.4) is 0 Å². The minimum atomic E-state index is -0.996. The molecule has 186 valence electrons. The van der Waals surface area contributed by atoms with Crippen molar-refractivity contribution in [1.82, 2.24) is 19.7 Å². The van der Waals surface area contributed by atoms with Crippen LogP contribution in [0.15, 0.2) is 24.4 Å². The Morgan fingerprint density at radius 3 is 2.69 bits per heavy atom. The molecule has 3 aliphatic rings. The van der Waals surface area contributed by atoms with E-state index < -0.39 is 6.17 Å². The van der Waals surface area contributed by atoms with Crippen LogP contribution >= 0.6 is 0 Å². The highest BCUT2D eigenvalue weighted by molar-refractivity contribution is 5.82. The van der Waals surface area contributed by atoms with Crippen LogP contribution in [0.5, 0.6) is 0 Å². The molecule has 0 N–H and O–H groups in total. The molecule has 3 saturated heterocycles. The van der Waals surface area contributed by atoms with Gasteiger partial charge in [0.15, 0.2) is 12.1 Å². The van der Waals surface area contributed by atoms with Gasteiger partial charge in [0.05, 0.1) is 24.4 Å². The van der Waals surface area contributed by atoms with Crippen LogP contribution in [0.1, 0.15) is 48.6 Å². The Balaban J connectivity index is 1.25. The molecule has 0 saturated carbocycles. The summed E-state index contributed by atoms with van der Waals surface area (Å²) in [7, 11) is 0. The first-order chi connectivity index (χ1) is 17.0. The van der Waals surface area contributed by atoms with E-state index in [9.17, 15) is 4.39 Å². The predicted molar refractivity (Wildman–Crippen MR) is 130 cm³/mol. The van der Waals surface area contributed by atoms with E-state index in [1.807, 2.05) is 30.8 Å². The van der Waals surface area contributed by atoms with Crippen molar-refractivity contribution in [2.24, 2.45) is 0 Å². The second kappa shape index (κ2) is 9.44. The van der Waals surface area contributed by atoms with Crippen LogP contribution in [0.25, 0.3) is 16.7 Å². The highest BCUT2D eigenvalue weighted by atomic mass is 19.1. The second-order valence-corrected chi connectivity index (χ2v) is 9.90. The van der Waals surface area contributed by atoms with Crippen molar-refractivity contribution in [3.05, 3.63) is 41.3 Å². The first-order valence-electron chi connectivity index (χ1n) is 12.6. The summed E-state index contributed by atoms with van der Waals surface area (Å²) in [6, 6.07) is 6.14. The second-order valence-electron chi connectivity index (χ2n) is 9.90. The van der Waals surface area contributed by atoms with Crippen molar-refractivity contribution in [1.29, 1.82) is 0 Å². The molecule has 0 bridgehead atoms. The fourth-order valence-corrected chi connectivity index (χ4v) is 5.39. The van der Waals surface area contributed by atoms with Crippen LogP contribution in [-0.2, 0) is 14.2 Å². The van der Waals surface area contributed by atoms with Crippen LogP contribution in [0.4, 0.5) is 10.2 Å². The Kier molecular flexibility index (Phi) is 6.16. The van der Waals surface area contributed by atoms with Gasteiger partial charge < -0.3 is 19.1 Å². The molecule has 9 heteroatoms. The highest BCUT2D eigenvalue weighted by Gasteiger charge is 2.32. The summed E-state index contributed by atoms with van der Waals surface area (Å²) in [5.74, 6) is 2.09. The minimum absolute atomic E-state index is 0.0775. The van der Waals surface area contributed by atoms with Crippen LogP contribution < -0.4 is 4.90 Å². The fraction of sp³-hybridized carbons (Fsp3) is 0.577. The smallest absolute Gasteiger partial charge is 0.159 e. The third-order valence-corrected chi connectivity index (χ3v) is 7.32. The summed E-state index contributed by atoms with van der Waals surface area (Å²) in [4.78, 5) is 11.5. The zero-order valence-electron chi connectivity index (χ0n) is 20.3. The number of nitrogens with zero attached hydrogens (tertiary/aromatic N) is 5. The molecule has 0 radical (unpaired) electrons. The van der Waals surface area contributed by atoms with Gasteiger partial charge in [0.25, 0.3) is 0 Å². The van der Waals surface area contributed by atoms with E-state index in [2.05, 4.69) is 32.1 Å². The number of fused-ring (bicyclic) bond motifs is 1. The lowest BCUT2D eigenvalue weighted by Gasteiger charge is -2.41. The summed E-state index contributed by atoms with van der Waals surface area (Å²) in [5.41, 5.74) is 3.03. The van der Waals surface area contributed by atoms with Crippen molar-refractivity contribution >= 4 is 16.7 Å². The summed E-state index contributed by atoms with van der Waals surface area (Å²) < 4.78 is 33.7. The number of alkyl halides is 1. The third kappa shape index (κ3) is 4.52. The molecule has 5 heterocycles. The zero-order chi connectivity index (χ0) is 23.9. The Labute approximate surface area is 204 Å². The minimum Gasteiger partial charge on any atom is -0.378 e. The number of anilines is 1. The topological polar surface area (TPSA) is 74.5 Å². The highest BCUT2D eigenvalue weighted by Crippen LogP contribution is 2.34. The van der Waals surface area contributed by atoms with Crippen molar-refractivity contribution in [3.63, 3.8) is 0 Å². The predicted octanol–water partition coefficient (Wildman–Crippen LogP) is 4.01. The van der Waals surface area contributed by atoms with Gasteiger partial charge in [-0.2, -0.15) is 5.10 Å². The molecule has 0 spiro atoms.